The number of rotatable bonds is 3. The number of fused-ring (bicyclic) bond motifs is 1. The second kappa shape index (κ2) is 5.11. The highest BCUT2D eigenvalue weighted by Gasteiger charge is 2.67. The highest BCUT2D eigenvalue weighted by atomic mass is 19.4. The number of nitrogens with zero attached hydrogens (tertiary/aromatic N) is 1. The van der Waals surface area contributed by atoms with E-state index >= 15 is 0 Å². The molecule has 0 bridgehead atoms. The molecule has 0 spiro atoms. The van der Waals surface area contributed by atoms with E-state index in [9.17, 15) is 42.9 Å². The molecule has 0 saturated heterocycles. The number of aliphatic carboxylic acids is 2. The van der Waals surface area contributed by atoms with Gasteiger partial charge in [0.15, 0.2) is 0 Å². The van der Waals surface area contributed by atoms with Gasteiger partial charge in [-0.2, -0.15) is 13.2 Å². The number of carbonyl (C=O) groups is 3. The molecule has 10 heteroatoms. The second-order valence-electron chi connectivity index (χ2n) is 6.08. The maximum Gasteiger partial charge on any atom is 0.416 e. The Kier molecular flexibility index (Phi) is 3.48. The Hall–Kier alpha value is -2.78. The fraction of sp³-hybridized carbons (Fsp3) is 0.400. The van der Waals surface area contributed by atoms with Crippen molar-refractivity contribution in [2.24, 2.45) is 5.92 Å². The number of carboxylic acids is 2. The highest BCUT2D eigenvalue weighted by molar-refractivity contribution is 6.12. The SMILES string of the molecule is O=C(O)N1c2ccc(C(F)(F)F)cc2C(C(=O)O)(C(=O)O)C1C1CC1. The van der Waals surface area contributed by atoms with E-state index in [1.54, 1.807) is 0 Å². The first-order valence-electron chi connectivity index (χ1n) is 7.23. The van der Waals surface area contributed by atoms with Crippen molar-refractivity contribution < 1.29 is 42.9 Å². The highest BCUT2D eigenvalue weighted by Crippen LogP contribution is 2.54. The first-order chi connectivity index (χ1) is 11.5. The van der Waals surface area contributed by atoms with Crippen LogP contribution in [0.15, 0.2) is 18.2 Å². The van der Waals surface area contributed by atoms with E-state index in [0.717, 1.165) is 6.07 Å². The zero-order chi connectivity index (χ0) is 18.7. The number of carboxylic acid groups (broad SMARTS) is 3. The van der Waals surface area contributed by atoms with Gasteiger partial charge in [-0.25, -0.2) is 4.79 Å². The Bertz CT molecular complexity index is 772. The monoisotopic (exact) mass is 359 g/mol. The summed E-state index contributed by atoms with van der Waals surface area (Å²) >= 11 is 0. The van der Waals surface area contributed by atoms with Crippen molar-refractivity contribution in [1.82, 2.24) is 0 Å². The Morgan fingerprint density at radius 2 is 1.64 bits per heavy atom. The lowest BCUT2D eigenvalue weighted by Crippen LogP contribution is -2.57. The molecule has 1 amide bonds. The lowest BCUT2D eigenvalue weighted by Gasteiger charge is -2.31. The van der Waals surface area contributed by atoms with Crippen LogP contribution < -0.4 is 4.90 Å². The third kappa shape index (κ3) is 2.24. The minimum Gasteiger partial charge on any atom is -0.480 e. The van der Waals surface area contributed by atoms with Crippen molar-refractivity contribution in [3.05, 3.63) is 29.3 Å². The average molecular weight is 359 g/mol. The molecule has 2 aliphatic rings. The summed E-state index contributed by atoms with van der Waals surface area (Å²) in [4.78, 5) is 36.1. The van der Waals surface area contributed by atoms with Crippen LogP contribution >= 0.6 is 0 Å². The molecule has 3 N–H and O–H groups in total. The number of alkyl halides is 3. The van der Waals surface area contributed by atoms with Crippen molar-refractivity contribution in [2.75, 3.05) is 4.90 Å². The number of halogens is 3. The van der Waals surface area contributed by atoms with Gasteiger partial charge in [0.2, 0.25) is 5.41 Å². The zero-order valence-electron chi connectivity index (χ0n) is 12.4. The van der Waals surface area contributed by atoms with Crippen LogP contribution in [0.25, 0.3) is 0 Å². The van der Waals surface area contributed by atoms with Crippen LogP contribution in [0.2, 0.25) is 0 Å². The molecule has 0 aromatic heterocycles. The molecule has 1 unspecified atom stereocenters. The molecular weight excluding hydrogens is 347 g/mol. The minimum atomic E-state index is -4.83. The molecule has 1 fully saturated rings. The summed E-state index contributed by atoms with van der Waals surface area (Å²) in [6.45, 7) is 0. The summed E-state index contributed by atoms with van der Waals surface area (Å²) in [5.41, 5.74) is -5.03. The lowest BCUT2D eigenvalue weighted by molar-refractivity contribution is -0.159. The average Bonchev–Trinajstić information content (AvgIpc) is 3.25. The van der Waals surface area contributed by atoms with Crippen LogP contribution in [0.3, 0.4) is 0 Å². The van der Waals surface area contributed by atoms with Gasteiger partial charge in [0, 0.05) is 5.56 Å². The largest absolute Gasteiger partial charge is 0.480 e. The van der Waals surface area contributed by atoms with Crippen LogP contribution in [-0.2, 0) is 21.2 Å². The summed E-state index contributed by atoms with van der Waals surface area (Å²) in [6.07, 6.45) is -5.64. The molecule has 3 rings (SSSR count). The van der Waals surface area contributed by atoms with E-state index in [-0.39, 0.29) is 5.69 Å². The fourth-order valence-corrected chi connectivity index (χ4v) is 3.51. The third-order valence-electron chi connectivity index (χ3n) is 4.68. The van der Waals surface area contributed by atoms with Crippen molar-refractivity contribution in [3.63, 3.8) is 0 Å². The first kappa shape index (κ1) is 17.1. The van der Waals surface area contributed by atoms with Crippen LogP contribution in [0.4, 0.5) is 23.7 Å². The van der Waals surface area contributed by atoms with E-state index in [0.29, 0.717) is 29.9 Å². The fourth-order valence-electron chi connectivity index (χ4n) is 3.51. The maximum atomic E-state index is 13.0. The number of benzene rings is 1. The minimum absolute atomic E-state index is 0.345. The zero-order valence-corrected chi connectivity index (χ0v) is 12.4. The number of anilines is 1. The molecule has 1 aliphatic heterocycles. The van der Waals surface area contributed by atoms with E-state index in [2.05, 4.69) is 0 Å². The summed E-state index contributed by atoms with van der Waals surface area (Å²) in [5.74, 6) is -4.33. The standard InChI is InChI=1S/C15H12F3NO6/c16-15(17,18)7-3-4-9-8(5-7)14(11(20)21,12(22)23)10(6-1-2-6)19(9)13(24)25/h3-6,10H,1-2H2,(H,20,21)(H,22,23)(H,24,25). The van der Waals surface area contributed by atoms with E-state index in [1.807, 2.05) is 0 Å². The van der Waals surface area contributed by atoms with Crippen molar-refractivity contribution in [2.45, 2.75) is 30.5 Å². The molecule has 25 heavy (non-hydrogen) atoms. The van der Waals surface area contributed by atoms with Crippen LogP contribution in [0.1, 0.15) is 24.0 Å². The third-order valence-corrected chi connectivity index (χ3v) is 4.68. The molecule has 0 radical (unpaired) electrons. The maximum absolute atomic E-state index is 13.0. The Balaban J connectivity index is 2.35. The van der Waals surface area contributed by atoms with Gasteiger partial charge in [0.25, 0.3) is 0 Å². The molecule has 7 nitrogen and oxygen atoms in total. The topological polar surface area (TPSA) is 115 Å². The van der Waals surface area contributed by atoms with Crippen LogP contribution in [0.5, 0.6) is 0 Å². The van der Waals surface area contributed by atoms with Gasteiger partial charge >= 0.3 is 24.2 Å². The normalized spacial score (nSPS) is 21.7. The molecule has 1 aromatic rings. The van der Waals surface area contributed by atoms with Gasteiger partial charge in [0.1, 0.15) is 0 Å². The molecule has 1 aromatic carbocycles. The summed E-state index contributed by atoms with van der Waals surface area (Å²) < 4.78 is 39.0. The number of amides is 1. The Labute approximate surface area is 138 Å². The predicted octanol–water partition coefficient (Wildman–Crippen LogP) is 2.39. The predicted molar refractivity (Wildman–Crippen MR) is 75.4 cm³/mol. The molecule has 1 atom stereocenters. The summed E-state index contributed by atoms with van der Waals surface area (Å²) in [7, 11) is 0. The van der Waals surface area contributed by atoms with Gasteiger partial charge in [-0.1, -0.05) is 0 Å². The summed E-state index contributed by atoms with van der Waals surface area (Å²) in [5, 5.41) is 28.7. The van der Waals surface area contributed by atoms with E-state index in [4.69, 9.17) is 0 Å². The van der Waals surface area contributed by atoms with Crippen molar-refractivity contribution >= 4 is 23.7 Å². The van der Waals surface area contributed by atoms with E-state index in [1.165, 1.54) is 0 Å². The number of hydrogen-bond acceptors (Lipinski definition) is 3. The van der Waals surface area contributed by atoms with Gasteiger partial charge in [-0.3, -0.25) is 14.5 Å². The Morgan fingerprint density at radius 3 is 2.04 bits per heavy atom. The first-order valence-corrected chi connectivity index (χ1v) is 7.23. The van der Waals surface area contributed by atoms with E-state index < -0.39 is 52.7 Å². The van der Waals surface area contributed by atoms with Crippen molar-refractivity contribution in [3.8, 4) is 0 Å². The molecule has 134 valence electrons. The van der Waals surface area contributed by atoms with Gasteiger partial charge in [-0.15, -0.1) is 0 Å². The molecular formula is C15H12F3NO6. The van der Waals surface area contributed by atoms with Crippen LogP contribution in [-0.4, -0.2) is 39.4 Å². The Morgan fingerprint density at radius 1 is 1.08 bits per heavy atom. The van der Waals surface area contributed by atoms with Gasteiger partial charge in [-0.05, 0) is 37.0 Å². The lowest BCUT2D eigenvalue weighted by atomic mass is 9.74. The smallest absolute Gasteiger partial charge is 0.416 e. The van der Waals surface area contributed by atoms with Gasteiger partial charge < -0.3 is 15.3 Å². The molecule has 1 heterocycles. The second-order valence-corrected chi connectivity index (χ2v) is 6.08. The quantitative estimate of drug-likeness (QED) is 0.714. The summed E-state index contributed by atoms with van der Waals surface area (Å²) in [6, 6.07) is 0.349. The van der Waals surface area contributed by atoms with Gasteiger partial charge in [0.05, 0.1) is 17.3 Å². The number of hydrogen-bond donors (Lipinski definition) is 3. The molecule has 1 saturated carbocycles. The van der Waals surface area contributed by atoms with Crippen LogP contribution in [0, 0.1) is 5.92 Å². The molecule has 1 aliphatic carbocycles. The van der Waals surface area contributed by atoms with Crippen molar-refractivity contribution in [1.29, 1.82) is 0 Å².